The minimum atomic E-state index is -0.193. The van der Waals surface area contributed by atoms with Crippen LogP contribution in [0.5, 0.6) is 0 Å². The highest BCUT2D eigenvalue weighted by Crippen LogP contribution is 2.83. The van der Waals surface area contributed by atoms with Crippen molar-refractivity contribution in [2.24, 2.45) is 11.3 Å². The van der Waals surface area contributed by atoms with E-state index in [1.165, 1.54) is 0 Å². The Hall–Kier alpha value is -3.65. The van der Waals surface area contributed by atoms with E-state index in [2.05, 4.69) is 22.3 Å². The first-order valence-electron chi connectivity index (χ1n) is 9.61. The number of hydrogen-bond donors (Lipinski definition) is 0. The summed E-state index contributed by atoms with van der Waals surface area (Å²) < 4.78 is 3.68. The van der Waals surface area contributed by atoms with E-state index in [9.17, 15) is 10.1 Å². The summed E-state index contributed by atoms with van der Waals surface area (Å²) in [5, 5.41) is 27.2. The Kier molecular flexibility index (Phi) is 3.56. The van der Waals surface area contributed by atoms with Crippen LogP contribution < -0.4 is 4.90 Å². The van der Waals surface area contributed by atoms with Crippen molar-refractivity contribution in [1.82, 2.24) is 19.4 Å². The van der Waals surface area contributed by atoms with Gasteiger partial charge in [0, 0.05) is 42.2 Å². The van der Waals surface area contributed by atoms with Crippen molar-refractivity contribution in [3.05, 3.63) is 36.9 Å². The fourth-order valence-corrected chi connectivity index (χ4v) is 4.16. The van der Waals surface area contributed by atoms with Gasteiger partial charge in [-0.05, 0) is 38.3 Å². The Morgan fingerprint density at radius 3 is 2.83 bits per heavy atom. The van der Waals surface area contributed by atoms with Gasteiger partial charge in [-0.1, -0.05) is 0 Å². The van der Waals surface area contributed by atoms with Gasteiger partial charge in [-0.3, -0.25) is 9.48 Å². The molecule has 0 saturated heterocycles. The second-order valence-electron chi connectivity index (χ2n) is 8.15. The van der Waals surface area contributed by atoms with Gasteiger partial charge in [0.05, 0.1) is 40.5 Å². The molecular weight excluding hydrogens is 366 g/mol. The second-order valence-corrected chi connectivity index (χ2v) is 8.15. The minimum Gasteiger partial charge on any atom is -0.313 e. The van der Waals surface area contributed by atoms with Crippen LogP contribution in [0.3, 0.4) is 0 Å². The van der Waals surface area contributed by atoms with Crippen LogP contribution in [0.2, 0.25) is 0 Å². The molecule has 0 bridgehead atoms. The highest BCUT2D eigenvalue weighted by Gasteiger charge is 2.86. The highest BCUT2D eigenvalue weighted by molar-refractivity contribution is 5.87. The molecule has 2 saturated carbocycles. The number of anilines is 1. The molecule has 144 valence electrons. The quantitative estimate of drug-likeness (QED) is 0.582. The molecule has 29 heavy (non-hydrogen) atoms. The van der Waals surface area contributed by atoms with E-state index in [4.69, 9.17) is 5.26 Å². The third kappa shape index (κ3) is 2.46. The molecule has 8 nitrogen and oxygen atoms in total. The van der Waals surface area contributed by atoms with E-state index >= 15 is 0 Å². The smallest absolute Gasteiger partial charge is 0.214 e. The molecule has 0 N–H and O–H groups in total. The number of rotatable bonds is 7. The number of carbonyl (C=O) groups excluding carboxylic acids is 1. The molecule has 0 aromatic carbocycles. The maximum Gasteiger partial charge on any atom is 0.214 e. The monoisotopic (exact) mass is 385 g/mol. The van der Waals surface area contributed by atoms with Crippen LogP contribution in [0.15, 0.2) is 36.9 Å². The fourth-order valence-electron chi connectivity index (χ4n) is 4.16. The fraction of sp³-hybridized carbons (Fsp3) is 0.381. The maximum atomic E-state index is 11.7. The lowest BCUT2D eigenvalue weighted by Crippen LogP contribution is -2.24. The van der Waals surface area contributed by atoms with Gasteiger partial charge in [0.2, 0.25) is 6.41 Å². The molecule has 3 aromatic heterocycles. The molecule has 8 heteroatoms. The number of fused-ring (bicyclic) bond motifs is 2. The maximum absolute atomic E-state index is 11.7. The molecular formula is C21H19N7O. The number of nitrogens with zero attached hydrogens (tertiary/aromatic N) is 7. The predicted octanol–water partition coefficient (Wildman–Crippen LogP) is 2.72. The van der Waals surface area contributed by atoms with Gasteiger partial charge in [0.1, 0.15) is 0 Å². The summed E-state index contributed by atoms with van der Waals surface area (Å²) in [4.78, 5) is 13.3. The molecule has 1 atom stereocenters. The number of carbonyl (C=O) groups is 1. The topological polar surface area (TPSA) is 103 Å². The summed E-state index contributed by atoms with van der Waals surface area (Å²) >= 11 is 0. The predicted molar refractivity (Wildman–Crippen MR) is 104 cm³/mol. The molecule has 2 aliphatic rings. The second kappa shape index (κ2) is 5.92. The molecule has 5 rings (SSSR count). The number of amides is 1. The number of aromatic nitrogens is 4. The van der Waals surface area contributed by atoms with Gasteiger partial charge in [0.15, 0.2) is 0 Å². The Labute approximate surface area is 167 Å². The van der Waals surface area contributed by atoms with Gasteiger partial charge >= 0.3 is 0 Å². The van der Waals surface area contributed by atoms with Gasteiger partial charge < -0.3 is 4.90 Å². The van der Waals surface area contributed by atoms with E-state index in [0.717, 1.165) is 41.6 Å². The zero-order valence-corrected chi connectivity index (χ0v) is 16.0. The molecule has 2 fully saturated rings. The van der Waals surface area contributed by atoms with Gasteiger partial charge in [-0.2, -0.15) is 20.7 Å². The van der Waals surface area contributed by atoms with Crippen LogP contribution in [0.1, 0.15) is 26.2 Å². The normalized spacial score (nSPS) is 24.9. The summed E-state index contributed by atoms with van der Waals surface area (Å²) in [5.74, 6) is -0.117. The lowest BCUT2D eigenvalue weighted by atomic mass is 10.1. The van der Waals surface area contributed by atoms with Crippen molar-refractivity contribution in [3.63, 3.8) is 0 Å². The Morgan fingerprint density at radius 1 is 1.31 bits per heavy atom. The molecule has 1 unspecified atom stereocenters. The van der Waals surface area contributed by atoms with Crippen LogP contribution in [-0.4, -0.2) is 32.3 Å². The average molecular weight is 385 g/mol. The van der Waals surface area contributed by atoms with Crippen LogP contribution in [0.4, 0.5) is 5.69 Å². The molecule has 3 heterocycles. The van der Waals surface area contributed by atoms with Crippen LogP contribution in [-0.2, 0) is 10.3 Å². The Morgan fingerprint density at radius 2 is 2.14 bits per heavy atom. The van der Waals surface area contributed by atoms with Gasteiger partial charge in [0.25, 0.3) is 0 Å². The third-order valence-electron chi connectivity index (χ3n) is 6.34. The van der Waals surface area contributed by atoms with Crippen LogP contribution in [0.25, 0.3) is 16.6 Å². The number of hydrogen-bond acceptors (Lipinski definition) is 5. The summed E-state index contributed by atoms with van der Waals surface area (Å²) in [6, 6.07) is 8.41. The van der Waals surface area contributed by atoms with E-state index in [1.807, 2.05) is 42.3 Å². The zero-order chi connectivity index (χ0) is 20.2. The SMILES string of the molecule is CC(C#N)CCN(C=O)c1ccnn2cc(-c3cnn(C45CC4(C#N)C5)c3)cc12. The third-order valence-corrected chi connectivity index (χ3v) is 6.34. The lowest BCUT2D eigenvalue weighted by Gasteiger charge is -2.18. The molecule has 0 aliphatic heterocycles. The van der Waals surface area contributed by atoms with Crippen LogP contribution >= 0.6 is 0 Å². The molecule has 0 radical (unpaired) electrons. The summed E-state index contributed by atoms with van der Waals surface area (Å²) in [7, 11) is 0. The highest BCUT2D eigenvalue weighted by atomic mass is 16.1. The summed E-state index contributed by atoms with van der Waals surface area (Å²) in [6.07, 6.45) is 10.6. The van der Waals surface area contributed by atoms with Crippen molar-refractivity contribution < 1.29 is 4.79 Å². The lowest BCUT2D eigenvalue weighted by molar-refractivity contribution is -0.107. The van der Waals surface area contributed by atoms with Crippen molar-refractivity contribution in [2.45, 2.75) is 31.7 Å². The van der Waals surface area contributed by atoms with Gasteiger partial charge in [-0.25, -0.2) is 4.52 Å². The molecule has 1 amide bonds. The van der Waals surface area contributed by atoms with Crippen LogP contribution in [0, 0.1) is 34.0 Å². The first-order valence-corrected chi connectivity index (χ1v) is 9.61. The number of nitriles is 2. The molecule has 0 spiro atoms. The summed E-state index contributed by atoms with van der Waals surface area (Å²) in [5.41, 5.74) is 3.19. The van der Waals surface area contributed by atoms with Gasteiger partial charge in [-0.15, -0.1) is 0 Å². The van der Waals surface area contributed by atoms with E-state index < -0.39 is 0 Å². The summed E-state index contributed by atoms with van der Waals surface area (Å²) in [6.45, 7) is 2.31. The first kappa shape index (κ1) is 17.4. The van der Waals surface area contributed by atoms with Crippen molar-refractivity contribution in [2.75, 3.05) is 11.4 Å². The molecule has 2 aliphatic carbocycles. The van der Waals surface area contributed by atoms with E-state index in [-0.39, 0.29) is 16.9 Å². The minimum absolute atomic E-state index is 0.0890. The molecule has 3 aromatic rings. The average Bonchev–Trinajstić information content (AvgIpc) is 3.32. The van der Waals surface area contributed by atoms with E-state index in [1.54, 1.807) is 15.6 Å². The van der Waals surface area contributed by atoms with Crippen molar-refractivity contribution in [3.8, 4) is 23.3 Å². The van der Waals surface area contributed by atoms with Crippen molar-refractivity contribution >= 4 is 17.6 Å². The van der Waals surface area contributed by atoms with Crippen molar-refractivity contribution in [1.29, 1.82) is 10.5 Å². The zero-order valence-electron chi connectivity index (χ0n) is 16.0. The Bertz CT molecular complexity index is 1200. The Balaban J connectivity index is 1.45. The standard InChI is InChI=1S/C21H19N7O/c1-15(7-22)3-5-26(14-29)18-2-4-24-27-9-16(6-19(18)27)17-8-25-28(10-17)21-11-20(21,12-21)13-23/h2,4,6,8-10,14-15H,3,5,11-12H2,1H3. The largest absolute Gasteiger partial charge is 0.313 e. The van der Waals surface area contributed by atoms with E-state index in [0.29, 0.717) is 13.0 Å². The first-order chi connectivity index (χ1) is 14.1.